The first-order chi connectivity index (χ1) is 13.6. The van der Waals surface area contributed by atoms with E-state index in [4.69, 9.17) is 11.6 Å². The zero-order chi connectivity index (χ0) is 19.5. The van der Waals surface area contributed by atoms with Crippen molar-refractivity contribution in [3.8, 4) is 10.6 Å². The van der Waals surface area contributed by atoms with Gasteiger partial charge in [-0.05, 0) is 75.0 Å². The summed E-state index contributed by atoms with van der Waals surface area (Å²) in [5.74, 6) is 0.0545. The fourth-order valence-electron chi connectivity index (χ4n) is 4.03. The Morgan fingerprint density at radius 1 is 1.25 bits per heavy atom. The lowest BCUT2D eigenvalue weighted by Gasteiger charge is -2.23. The standard InChI is InChI=1S/C22H26ClN3OS/c1-16(25-10-2-3-11-25)8-9-24-22(27)15-26-19-7-6-18(23)13-17(19)14-20(26)21-5-4-12-28-21/h4-7,12-14,16H,2-3,8-11,15H2,1H3,(H,24,27). The predicted octanol–water partition coefficient (Wildman–Crippen LogP) is 5.01. The lowest BCUT2D eigenvalue weighted by Crippen LogP contribution is -2.35. The number of nitrogens with zero attached hydrogens (tertiary/aromatic N) is 2. The molecule has 1 N–H and O–H groups in total. The van der Waals surface area contributed by atoms with Crippen LogP contribution in [-0.2, 0) is 11.3 Å². The van der Waals surface area contributed by atoms with Crippen LogP contribution in [0.3, 0.4) is 0 Å². The van der Waals surface area contributed by atoms with Gasteiger partial charge in [0.1, 0.15) is 6.54 Å². The number of aromatic nitrogens is 1. The quantitative estimate of drug-likeness (QED) is 0.588. The van der Waals surface area contributed by atoms with E-state index in [1.807, 2.05) is 24.3 Å². The third-order valence-electron chi connectivity index (χ3n) is 5.59. The monoisotopic (exact) mass is 415 g/mol. The zero-order valence-electron chi connectivity index (χ0n) is 16.2. The summed E-state index contributed by atoms with van der Waals surface area (Å²) in [7, 11) is 0. The van der Waals surface area contributed by atoms with E-state index < -0.39 is 0 Å². The molecule has 6 heteroatoms. The van der Waals surface area contributed by atoms with E-state index in [1.165, 1.54) is 25.9 Å². The van der Waals surface area contributed by atoms with E-state index in [9.17, 15) is 4.79 Å². The van der Waals surface area contributed by atoms with Crippen molar-refractivity contribution in [1.29, 1.82) is 0 Å². The molecule has 1 fully saturated rings. The summed E-state index contributed by atoms with van der Waals surface area (Å²) in [6, 6.07) is 12.6. The minimum atomic E-state index is 0.0545. The van der Waals surface area contributed by atoms with Crippen LogP contribution in [0.1, 0.15) is 26.2 Å². The first-order valence-corrected chi connectivity index (χ1v) is 11.2. The molecule has 0 spiro atoms. The summed E-state index contributed by atoms with van der Waals surface area (Å²) < 4.78 is 2.09. The molecule has 1 aromatic carbocycles. The molecule has 0 bridgehead atoms. The van der Waals surface area contributed by atoms with Gasteiger partial charge in [-0.1, -0.05) is 17.7 Å². The van der Waals surface area contributed by atoms with Gasteiger partial charge in [0.25, 0.3) is 0 Å². The maximum absolute atomic E-state index is 12.7. The van der Waals surface area contributed by atoms with Gasteiger partial charge < -0.3 is 14.8 Å². The van der Waals surface area contributed by atoms with E-state index in [0.29, 0.717) is 17.6 Å². The molecule has 4 rings (SSSR count). The number of likely N-dealkylation sites (tertiary alicyclic amines) is 1. The van der Waals surface area contributed by atoms with Gasteiger partial charge in [0.2, 0.25) is 5.91 Å². The number of nitrogens with one attached hydrogen (secondary N) is 1. The number of benzene rings is 1. The van der Waals surface area contributed by atoms with Crippen molar-refractivity contribution in [2.75, 3.05) is 19.6 Å². The highest BCUT2D eigenvalue weighted by atomic mass is 35.5. The van der Waals surface area contributed by atoms with Gasteiger partial charge >= 0.3 is 0 Å². The van der Waals surface area contributed by atoms with E-state index >= 15 is 0 Å². The molecule has 28 heavy (non-hydrogen) atoms. The molecule has 0 radical (unpaired) electrons. The second-order valence-electron chi connectivity index (χ2n) is 7.53. The molecule has 1 aliphatic heterocycles. The lowest BCUT2D eigenvalue weighted by atomic mass is 10.2. The van der Waals surface area contributed by atoms with E-state index in [1.54, 1.807) is 11.3 Å². The van der Waals surface area contributed by atoms with Gasteiger partial charge in [-0.15, -0.1) is 11.3 Å². The highest BCUT2D eigenvalue weighted by molar-refractivity contribution is 7.13. The Balaban J connectivity index is 1.46. The molecule has 1 unspecified atom stereocenters. The van der Waals surface area contributed by atoms with Crippen LogP contribution < -0.4 is 5.32 Å². The molecule has 2 aromatic heterocycles. The molecule has 1 saturated heterocycles. The van der Waals surface area contributed by atoms with Crippen molar-refractivity contribution in [2.45, 2.75) is 38.8 Å². The third kappa shape index (κ3) is 4.27. The molecule has 0 saturated carbocycles. The second kappa shape index (κ2) is 8.68. The van der Waals surface area contributed by atoms with Gasteiger partial charge in [0.05, 0.1) is 10.6 Å². The van der Waals surface area contributed by atoms with Crippen molar-refractivity contribution in [1.82, 2.24) is 14.8 Å². The number of amides is 1. The maximum atomic E-state index is 12.7. The summed E-state index contributed by atoms with van der Waals surface area (Å²) in [6.07, 6.45) is 3.59. The van der Waals surface area contributed by atoms with Crippen LogP contribution in [0.5, 0.6) is 0 Å². The van der Waals surface area contributed by atoms with E-state index in [2.05, 4.69) is 39.2 Å². The van der Waals surface area contributed by atoms with Crippen molar-refractivity contribution >= 4 is 39.7 Å². The second-order valence-corrected chi connectivity index (χ2v) is 8.91. The number of fused-ring (bicyclic) bond motifs is 1. The fraction of sp³-hybridized carbons (Fsp3) is 0.409. The Hall–Kier alpha value is -1.82. The fourth-order valence-corrected chi connectivity index (χ4v) is 4.96. The average molecular weight is 416 g/mol. The Kier molecular flexibility index (Phi) is 6.04. The predicted molar refractivity (Wildman–Crippen MR) is 118 cm³/mol. The summed E-state index contributed by atoms with van der Waals surface area (Å²) in [6.45, 7) is 5.68. The van der Waals surface area contributed by atoms with Crippen LogP contribution in [0.25, 0.3) is 21.5 Å². The van der Waals surface area contributed by atoms with Crippen LogP contribution in [-0.4, -0.2) is 41.1 Å². The summed E-state index contributed by atoms with van der Waals surface area (Å²) in [5, 5.41) is 6.95. The number of halogens is 1. The van der Waals surface area contributed by atoms with Crippen LogP contribution in [0.2, 0.25) is 5.02 Å². The molecule has 1 aliphatic rings. The number of hydrogen-bond donors (Lipinski definition) is 1. The van der Waals surface area contributed by atoms with Gasteiger partial charge in [-0.2, -0.15) is 0 Å². The van der Waals surface area contributed by atoms with Crippen molar-refractivity contribution in [3.63, 3.8) is 0 Å². The molecular formula is C22H26ClN3OS. The molecule has 148 valence electrons. The summed E-state index contributed by atoms with van der Waals surface area (Å²) in [5.41, 5.74) is 2.10. The lowest BCUT2D eigenvalue weighted by molar-refractivity contribution is -0.121. The van der Waals surface area contributed by atoms with Crippen LogP contribution in [0.15, 0.2) is 41.8 Å². The minimum Gasteiger partial charge on any atom is -0.354 e. The average Bonchev–Trinajstić information content (AvgIpc) is 3.43. The van der Waals surface area contributed by atoms with Crippen molar-refractivity contribution in [3.05, 3.63) is 46.8 Å². The van der Waals surface area contributed by atoms with E-state index in [0.717, 1.165) is 34.4 Å². The number of carbonyl (C=O) groups is 1. The van der Waals surface area contributed by atoms with Crippen LogP contribution in [0.4, 0.5) is 0 Å². The van der Waals surface area contributed by atoms with Crippen LogP contribution in [0, 0.1) is 0 Å². The zero-order valence-corrected chi connectivity index (χ0v) is 17.7. The topological polar surface area (TPSA) is 37.3 Å². The summed E-state index contributed by atoms with van der Waals surface area (Å²) in [4.78, 5) is 16.4. The van der Waals surface area contributed by atoms with Gasteiger partial charge in [-0.3, -0.25) is 4.79 Å². The smallest absolute Gasteiger partial charge is 0.239 e. The maximum Gasteiger partial charge on any atom is 0.239 e. The Morgan fingerprint density at radius 3 is 2.82 bits per heavy atom. The van der Waals surface area contributed by atoms with E-state index in [-0.39, 0.29) is 5.91 Å². The molecule has 0 aliphatic carbocycles. The largest absolute Gasteiger partial charge is 0.354 e. The molecule has 3 heterocycles. The Bertz CT molecular complexity index is 944. The molecule has 1 amide bonds. The summed E-state index contributed by atoms with van der Waals surface area (Å²) >= 11 is 7.85. The normalized spacial score (nSPS) is 15.9. The first kappa shape index (κ1) is 19.5. The minimum absolute atomic E-state index is 0.0545. The van der Waals surface area contributed by atoms with Crippen molar-refractivity contribution in [2.24, 2.45) is 0 Å². The Morgan fingerprint density at radius 2 is 2.07 bits per heavy atom. The highest BCUT2D eigenvalue weighted by Gasteiger charge is 2.18. The Labute approximate surface area is 175 Å². The third-order valence-corrected chi connectivity index (χ3v) is 6.71. The molecule has 3 aromatic rings. The number of carbonyl (C=O) groups excluding carboxylic acids is 1. The highest BCUT2D eigenvalue weighted by Crippen LogP contribution is 2.32. The molecular weight excluding hydrogens is 390 g/mol. The van der Waals surface area contributed by atoms with Gasteiger partial charge in [0.15, 0.2) is 0 Å². The number of thiophene rings is 1. The first-order valence-electron chi connectivity index (χ1n) is 9.95. The van der Waals surface area contributed by atoms with Gasteiger partial charge in [-0.25, -0.2) is 0 Å². The number of rotatable bonds is 7. The number of hydrogen-bond acceptors (Lipinski definition) is 3. The van der Waals surface area contributed by atoms with Crippen LogP contribution >= 0.6 is 22.9 Å². The SMILES string of the molecule is CC(CCNC(=O)Cn1c(-c2cccs2)cc2cc(Cl)ccc21)N1CCCC1. The van der Waals surface area contributed by atoms with Gasteiger partial charge in [0, 0.05) is 28.5 Å². The molecule has 4 nitrogen and oxygen atoms in total. The molecule has 1 atom stereocenters. The van der Waals surface area contributed by atoms with Crippen molar-refractivity contribution < 1.29 is 4.79 Å².